The molecule has 0 fully saturated rings. The highest BCUT2D eigenvalue weighted by Gasteiger charge is 2.12. The number of aryl methyl sites for hydroxylation is 1. The molecule has 0 amide bonds. The van der Waals surface area contributed by atoms with Gasteiger partial charge in [-0.2, -0.15) is 0 Å². The average Bonchev–Trinajstić information content (AvgIpc) is 2.27. The lowest BCUT2D eigenvalue weighted by atomic mass is 10.1. The molecule has 1 heterocycles. The standard InChI is InChI=1S/C12H12N2O3/c1-7-13-9(6-11(15)16)8-4-3-5-10(17-2)12(8)14-7/h3-5H,6H2,1-2H3,(H,15,16). The Morgan fingerprint density at radius 2 is 2.18 bits per heavy atom. The number of carboxylic acids is 1. The number of aliphatic carboxylic acids is 1. The van der Waals surface area contributed by atoms with E-state index in [-0.39, 0.29) is 6.42 Å². The van der Waals surface area contributed by atoms with Gasteiger partial charge in [-0.1, -0.05) is 12.1 Å². The van der Waals surface area contributed by atoms with Crippen LogP contribution in [-0.4, -0.2) is 28.2 Å². The van der Waals surface area contributed by atoms with E-state index in [4.69, 9.17) is 9.84 Å². The molecule has 0 aliphatic heterocycles. The van der Waals surface area contributed by atoms with E-state index in [1.807, 2.05) is 0 Å². The average molecular weight is 232 g/mol. The van der Waals surface area contributed by atoms with Crippen LogP contribution >= 0.6 is 0 Å². The Balaban J connectivity index is 2.71. The molecule has 1 N–H and O–H groups in total. The monoisotopic (exact) mass is 232 g/mol. The molecule has 5 nitrogen and oxygen atoms in total. The highest BCUT2D eigenvalue weighted by molar-refractivity contribution is 5.88. The molecular weight excluding hydrogens is 220 g/mol. The Kier molecular flexibility index (Phi) is 2.91. The molecular formula is C12H12N2O3. The van der Waals surface area contributed by atoms with Crippen LogP contribution in [0, 0.1) is 6.92 Å². The zero-order chi connectivity index (χ0) is 12.4. The molecule has 0 aliphatic carbocycles. The van der Waals surface area contributed by atoms with Gasteiger partial charge in [0, 0.05) is 5.39 Å². The van der Waals surface area contributed by atoms with Gasteiger partial charge in [0.15, 0.2) is 0 Å². The van der Waals surface area contributed by atoms with Crippen LogP contribution in [0.15, 0.2) is 18.2 Å². The van der Waals surface area contributed by atoms with Gasteiger partial charge < -0.3 is 9.84 Å². The molecule has 0 saturated carbocycles. The molecule has 0 aliphatic rings. The van der Waals surface area contributed by atoms with Crippen LogP contribution in [0.3, 0.4) is 0 Å². The van der Waals surface area contributed by atoms with Crippen LogP contribution in [0.5, 0.6) is 5.75 Å². The Morgan fingerprint density at radius 1 is 1.41 bits per heavy atom. The first kappa shape index (κ1) is 11.3. The van der Waals surface area contributed by atoms with E-state index >= 15 is 0 Å². The Bertz CT molecular complexity index is 581. The van der Waals surface area contributed by atoms with Gasteiger partial charge in [0.05, 0.1) is 19.2 Å². The number of hydrogen-bond donors (Lipinski definition) is 1. The summed E-state index contributed by atoms with van der Waals surface area (Å²) in [6, 6.07) is 5.39. The summed E-state index contributed by atoms with van der Waals surface area (Å²) in [7, 11) is 1.56. The summed E-state index contributed by atoms with van der Waals surface area (Å²) >= 11 is 0. The minimum absolute atomic E-state index is 0.118. The van der Waals surface area contributed by atoms with E-state index < -0.39 is 5.97 Å². The number of benzene rings is 1. The largest absolute Gasteiger partial charge is 0.494 e. The normalized spacial score (nSPS) is 10.5. The maximum absolute atomic E-state index is 10.8. The number of rotatable bonds is 3. The van der Waals surface area contributed by atoms with Crippen LogP contribution in [-0.2, 0) is 11.2 Å². The fourth-order valence-electron chi connectivity index (χ4n) is 1.76. The Labute approximate surface area is 98.1 Å². The number of carbonyl (C=O) groups is 1. The number of nitrogens with zero attached hydrogens (tertiary/aromatic N) is 2. The van der Waals surface area contributed by atoms with Crippen molar-refractivity contribution in [3.8, 4) is 5.75 Å². The SMILES string of the molecule is COc1cccc2c(CC(=O)O)nc(C)nc12. The Hall–Kier alpha value is -2.17. The first-order chi connectivity index (χ1) is 8.11. The molecule has 0 spiro atoms. The molecule has 1 aromatic carbocycles. The van der Waals surface area contributed by atoms with Crippen LogP contribution in [0.4, 0.5) is 0 Å². The number of ether oxygens (including phenoxy) is 1. The summed E-state index contributed by atoms with van der Waals surface area (Å²) in [6.07, 6.45) is -0.118. The first-order valence-electron chi connectivity index (χ1n) is 5.14. The van der Waals surface area contributed by atoms with Gasteiger partial charge in [-0.25, -0.2) is 9.97 Å². The highest BCUT2D eigenvalue weighted by atomic mass is 16.5. The molecule has 0 atom stereocenters. The van der Waals surface area contributed by atoms with Gasteiger partial charge in [0.1, 0.15) is 17.1 Å². The lowest BCUT2D eigenvalue weighted by molar-refractivity contribution is -0.136. The third-order valence-corrected chi connectivity index (χ3v) is 2.42. The molecule has 0 saturated heterocycles. The van der Waals surface area contributed by atoms with Crippen molar-refractivity contribution in [1.29, 1.82) is 0 Å². The van der Waals surface area contributed by atoms with Crippen LogP contribution in [0.1, 0.15) is 11.5 Å². The van der Waals surface area contributed by atoms with Crippen molar-refractivity contribution in [3.63, 3.8) is 0 Å². The van der Waals surface area contributed by atoms with Gasteiger partial charge in [-0.15, -0.1) is 0 Å². The van der Waals surface area contributed by atoms with Crippen molar-refractivity contribution < 1.29 is 14.6 Å². The van der Waals surface area contributed by atoms with Crippen molar-refractivity contribution in [1.82, 2.24) is 9.97 Å². The molecule has 88 valence electrons. The van der Waals surface area contributed by atoms with Gasteiger partial charge in [-0.3, -0.25) is 4.79 Å². The highest BCUT2D eigenvalue weighted by Crippen LogP contribution is 2.25. The second-order valence-corrected chi connectivity index (χ2v) is 3.64. The zero-order valence-corrected chi connectivity index (χ0v) is 9.60. The summed E-state index contributed by atoms with van der Waals surface area (Å²) in [4.78, 5) is 19.2. The molecule has 0 unspecified atom stereocenters. The third kappa shape index (κ3) is 2.18. The summed E-state index contributed by atoms with van der Waals surface area (Å²) in [5.74, 6) is 0.255. The molecule has 5 heteroatoms. The van der Waals surface area contributed by atoms with Crippen LogP contribution < -0.4 is 4.74 Å². The van der Waals surface area contributed by atoms with E-state index in [0.29, 0.717) is 22.8 Å². The van der Waals surface area contributed by atoms with Gasteiger partial charge in [0.2, 0.25) is 0 Å². The van der Waals surface area contributed by atoms with Gasteiger partial charge >= 0.3 is 5.97 Å². The predicted molar refractivity (Wildman–Crippen MR) is 62.2 cm³/mol. The number of carboxylic acid groups (broad SMARTS) is 1. The maximum atomic E-state index is 10.8. The summed E-state index contributed by atoms with van der Waals surface area (Å²) in [6.45, 7) is 1.73. The van der Waals surface area contributed by atoms with E-state index in [9.17, 15) is 4.79 Å². The number of methoxy groups -OCH3 is 1. The second kappa shape index (κ2) is 4.37. The molecule has 2 rings (SSSR count). The molecule has 1 aromatic heterocycles. The molecule has 0 radical (unpaired) electrons. The van der Waals surface area contributed by atoms with Crippen LogP contribution in [0.2, 0.25) is 0 Å². The molecule has 2 aromatic rings. The summed E-state index contributed by atoms with van der Waals surface area (Å²) in [5, 5.41) is 9.57. The van der Waals surface area contributed by atoms with Crippen molar-refractivity contribution in [3.05, 3.63) is 29.7 Å². The second-order valence-electron chi connectivity index (χ2n) is 3.64. The summed E-state index contributed by atoms with van der Waals surface area (Å²) in [5.41, 5.74) is 1.16. The number of fused-ring (bicyclic) bond motifs is 1. The molecule has 0 bridgehead atoms. The van der Waals surface area contributed by atoms with E-state index in [1.165, 1.54) is 0 Å². The molecule has 17 heavy (non-hydrogen) atoms. The lowest BCUT2D eigenvalue weighted by Crippen LogP contribution is -2.06. The van der Waals surface area contributed by atoms with E-state index in [2.05, 4.69) is 9.97 Å². The van der Waals surface area contributed by atoms with Crippen molar-refractivity contribution in [2.24, 2.45) is 0 Å². The quantitative estimate of drug-likeness (QED) is 0.869. The van der Waals surface area contributed by atoms with E-state index in [1.54, 1.807) is 32.2 Å². The van der Waals surface area contributed by atoms with Crippen LogP contribution in [0.25, 0.3) is 10.9 Å². The van der Waals surface area contributed by atoms with Gasteiger partial charge in [-0.05, 0) is 13.0 Å². The smallest absolute Gasteiger partial charge is 0.309 e. The van der Waals surface area contributed by atoms with Crippen molar-refractivity contribution in [2.45, 2.75) is 13.3 Å². The summed E-state index contributed by atoms with van der Waals surface area (Å²) < 4.78 is 5.20. The van der Waals surface area contributed by atoms with Crippen molar-refractivity contribution >= 4 is 16.9 Å². The minimum atomic E-state index is -0.910. The topological polar surface area (TPSA) is 72.3 Å². The zero-order valence-electron chi connectivity index (χ0n) is 9.60. The Morgan fingerprint density at radius 3 is 2.82 bits per heavy atom. The number of hydrogen-bond acceptors (Lipinski definition) is 4. The number of para-hydroxylation sites is 1. The fraction of sp³-hybridized carbons (Fsp3) is 0.250. The van der Waals surface area contributed by atoms with E-state index in [0.717, 1.165) is 5.39 Å². The van der Waals surface area contributed by atoms with Gasteiger partial charge in [0.25, 0.3) is 0 Å². The fourth-order valence-corrected chi connectivity index (χ4v) is 1.76. The minimum Gasteiger partial charge on any atom is -0.494 e. The first-order valence-corrected chi connectivity index (χ1v) is 5.14. The maximum Gasteiger partial charge on any atom is 0.309 e. The lowest BCUT2D eigenvalue weighted by Gasteiger charge is -2.08. The predicted octanol–water partition coefficient (Wildman–Crippen LogP) is 1.57. The third-order valence-electron chi connectivity index (χ3n) is 2.42. The van der Waals surface area contributed by atoms with Crippen molar-refractivity contribution in [2.75, 3.05) is 7.11 Å². The number of aromatic nitrogens is 2.